The number of nitrogens with two attached hydrogens (primary N) is 1. The Morgan fingerprint density at radius 3 is 2.59 bits per heavy atom. The van der Waals surface area contributed by atoms with E-state index >= 15 is 0 Å². The number of imide groups is 1. The van der Waals surface area contributed by atoms with Gasteiger partial charge in [0.05, 0.1) is 11.0 Å². The van der Waals surface area contributed by atoms with Gasteiger partial charge in [-0.2, -0.15) is 0 Å². The molecule has 144 valence electrons. The van der Waals surface area contributed by atoms with Crippen LogP contribution < -0.4 is 16.4 Å². The fraction of sp³-hybridized carbons (Fsp3) is 0.312. The standard InChI is InChI=1S/C16H19N5O3S3/c1-8-4-5-11(9(2)6-8)18-14(24)19-13(23)10(3)26-16-21-20-15(27-16)25-7-12(17)22/h4-6,10H,7H2,1-3H3,(H2,17,22)(H2,18,19,23,24)/t10-/m1/s1. The third-order valence-electron chi connectivity index (χ3n) is 3.24. The van der Waals surface area contributed by atoms with Crippen molar-refractivity contribution in [3.05, 3.63) is 29.3 Å². The molecule has 4 amide bonds. The highest BCUT2D eigenvalue weighted by Gasteiger charge is 2.20. The van der Waals surface area contributed by atoms with Crippen molar-refractivity contribution >= 4 is 58.4 Å². The fourth-order valence-corrected chi connectivity index (χ4v) is 4.86. The van der Waals surface area contributed by atoms with Crippen LogP contribution in [0.4, 0.5) is 10.5 Å². The maximum Gasteiger partial charge on any atom is 0.325 e. The van der Waals surface area contributed by atoms with Gasteiger partial charge in [-0.05, 0) is 32.4 Å². The van der Waals surface area contributed by atoms with Gasteiger partial charge >= 0.3 is 6.03 Å². The Bertz CT molecular complexity index is 856. The number of primary amides is 1. The van der Waals surface area contributed by atoms with Gasteiger partial charge in [-0.25, -0.2) is 4.79 Å². The molecule has 0 aliphatic carbocycles. The molecule has 0 bridgehead atoms. The van der Waals surface area contributed by atoms with E-state index in [4.69, 9.17) is 5.73 Å². The van der Waals surface area contributed by atoms with Crippen molar-refractivity contribution in [2.24, 2.45) is 5.73 Å². The minimum atomic E-state index is -0.589. The minimum absolute atomic E-state index is 0.119. The van der Waals surface area contributed by atoms with E-state index in [1.54, 1.807) is 13.0 Å². The van der Waals surface area contributed by atoms with Gasteiger partial charge in [-0.3, -0.25) is 14.9 Å². The first kappa shape index (κ1) is 21.2. The summed E-state index contributed by atoms with van der Waals surface area (Å²) in [6, 6.07) is 5.03. The van der Waals surface area contributed by atoms with Gasteiger partial charge in [0, 0.05) is 5.69 Å². The highest BCUT2D eigenvalue weighted by atomic mass is 32.2. The van der Waals surface area contributed by atoms with Gasteiger partial charge < -0.3 is 11.1 Å². The van der Waals surface area contributed by atoms with Crippen LogP contribution in [0.3, 0.4) is 0 Å². The zero-order chi connectivity index (χ0) is 20.0. The quantitative estimate of drug-likeness (QED) is 0.582. The lowest BCUT2D eigenvalue weighted by molar-refractivity contribution is -0.119. The zero-order valence-electron chi connectivity index (χ0n) is 14.9. The Morgan fingerprint density at radius 2 is 1.93 bits per heavy atom. The number of rotatable bonds is 7. The molecule has 1 aromatic carbocycles. The normalized spacial score (nSPS) is 11.7. The van der Waals surface area contributed by atoms with Crippen LogP contribution in [-0.2, 0) is 9.59 Å². The van der Waals surface area contributed by atoms with Crippen LogP contribution >= 0.6 is 34.9 Å². The molecule has 0 saturated heterocycles. The van der Waals surface area contributed by atoms with Gasteiger partial charge in [0.2, 0.25) is 11.8 Å². The number of nitrogens with one attached hydrogen (secondary N) is 2. The smallest absolute Gasteiger partial charge is 0.325 e. The lowest BCUT2D eigenvalue weighted by Crippen LogP contribution is -2.39. The molecule has 0 radical (unpaired) electrons. The van der Waals surface area contributed by atoms with Gasteiger partial charge in [0.25, 0.3) is 0 Å². The summed E-state index contributed by atoms with van der Waals surface area (Å²) in [7, 11) is 0. The summed E-state index contributed by atoms with van der Waals surface area (Å²) in [5.74, 6) is -0.760. The number of urea groups is 1. The van der Waals surface area contributed by atoms with E-state index in [1.807, 2.05) is 26.0 Å². The summed E-state index contributed by atoms with van der Waals surface area (Å²) >= 11 is 3.64. The number of carbonyl (C=O) groups is 3. The van der Waals surface area contributed by atoms with Crippen molar-refractivity contribution in [1.29, 1.82) is 0 Å². The number of aryl methyl sites for hydroxylation is 2. The van der Waals surface area contributed by atoms with Crippen LogP contribution in [0.1, 0.15) is 18.1 Å². The first-order valence-corrected chi connectivity index (χ1v) is 10.5. The van der Waals surface area contributed by atoms with Crippen molar-refractivity contribution in [1.82, 2.24) is 15.5 Å². The van der Waals surface area contributed by atoms with E-state index < -0.39 is 23.1 Å². The van der Waals surface area contributed by atoms with Gasteiger partial charge in [0.15, 0.2) is 8.68 Å². The molecule has 0 fully saturated rings. The molecule has 2 rings (SSSR count). The Balaban J connectivity index is 1.85. The molecule has 11 heteroatoms. The maximum atomic E-state index is 12.2. The van der Waals surface area contributed by atoms with E-state index in [0.29, 0.717) is 14.4 Å². The van der Waals surface area contributed by atoms with Crippen molar-refractivity contribution in [2.75, 3.05) is 11.1 Å². The Labute approximate surface area is 169 Å². The highest BCUT2D eigenvalue weighted by molar-refractivity contribution is 8.04. The average Bonchev–Trinajstić information content (AvgIpc) is 3.03. The SMILES string of the molecule is Cc1ccc(NC(=O)NC(=O)[C@@H](C)Sc2nnc(SCC(N)=O)s2)c(C)c1. The Hall–Kier alpha value is -2.11. The van der Waals surface area contributed by atoms with E-state index in [-0.39, 0.29) is 5.75 Å². The maximum absolute atomic E-state index is 12.2. The second-order valence-electron chi connectivity index (χ2n) is 5.61. The monoisotopic (exact) mass is 425 g/mol. The predicted octanol–water partition coefficient (Wildman–Crippen LogP) is 2.56. The molecule has 2 aromatic rings. The molecule has 0 unspecified atom stereocenters. The molecule has 0 spiro atoms. The lowest BCUT2D eigenvalue weighted by Gasteiger charge is -2.12. The molecule has 1 aromatic heterocycles. The Morgan fingerprint density at radius 1 is 1.22 bits per heavy atom. The summed E-state index contributed by atoms with van der Waals surface area (Å²) < 4.78 is 1.16. The molecular formula is C16H19N5O3S3. The zero-order valence-corrected chi connectivity index (χ0v) is 17.4. The first-order valence-electron chi connectivity index (χ1n) is 7.85. The molecule has 0 aliphatic rings. The third-order valence-corrected chi connectivity index (χ3v) is 6.50. The van der Waals surface area contributed by atoms with Crippen LogP contribution in [0.2, 0.25) is 0 Å². The number of hydrogen-bond acceptors (Lipinski definition) is 8. The van der Waals surface area contributed by atoms with Crippen molar-refractivity contribution in [3.63, 3.8) is 0 Å². The number of nitrogens with zero attached hydrogens (tertiary/aromatic N) is 2. The molecule has 4 N–H and O–H groups in total. The second kappa shape index (κ2) is 9.72. The summed E-state index contributed by atoms with van der Waals surface area (Å²) in [6.45, 7) is 5.51. The number of aromatic nitrogens is 2. The largest absolute Gasteiger partial charge is 0.369 e. The van der Waals surface area contributed by atoms with Crippen molar-refractivity contribution in [2.45, 2.75) is 34.7 Å². The minimum Gasteiger partial charge on any atom is -0.369 e. The van der Waals surface area contributed by atoms with Crippen LogP contribution in [0.15, 0.2) is 26.9 Å². The summed E-state index contributed by atoms with van der Waals surface area (Å²) in [5, 5.41) is 12.3. The third kappa shape index (κ3) is 6.85. The van der Waals surface area contributed by atoms with E-state index in [9.17, 15) is 14.4 Å². The molecule has 0 saturated carbocycles. The van der Waals surface area contributed by atoms with Gasteiger partial charge in [-0.15, -0.1) is 10.2 Å². The first-order chi connectivity index (χ1) is 12.7. The number of amides is 4. The number of benzene rings is 1. The predicted molar refractivity (Wildman–Crippen MR) is 108 cm³/mol. The molecular weight excluding hydrogens is 406 g/mol. The average molecular weight is 426 g/mol. The van der Waals surface area contributed by atoms with Crippen molar-refractivity contribution in [3.8, 4) is 0 Å². The summed E-state index contributed by atoms with van der Waals surface area (Å²) in [4.78, 5) is 35.0. The lowest BCUT2D eigenvalue weighted by atomic mass is 10.1. The fourth-order valence-electron chi connectivity index (χ4n) is 1.96. The number of carbonyl (C=O) groups excluding carboxylic acids is 3. The van der Waals surface area contributed by atoms with Crippen molar-refractivity contribution < 1.29 is 14.4 Å². The molecule has 1 atom stereocenters. The summed E-state index contributed by atoms with van der Waals surface area (Å²) in [6.07, 6.45) is 0. The number of anilines is 1. The molecule has 1 heterocycles. The van der Waals surface area contributed by atoms with Crippen LogP contribution in [0.5, 0.6) is 0 Å². The number of thioether (sulfide) groups is 2. The molecule has 27 heavy (non-hydrogen) atoms. The van der Waals surface area contributed by atoms with Crippen LogP contribution in [0, 0.1) is 13.8 Å². The Kier molecular flexibility index (Phi) is 7.63. The van der Waals surface area contributed by atoms with Crippen LogP contribution in [-0.4, -0.2) is 39.0 Å². The van der Waals surface area contributed by atoms with E-state index in [2.05, 4.69) is 20.8 Å². The topological polar surface area (TPSA) is 127 Å². The van der Waals surface area contributed by atoms with E-state index in [0.717, 1.165) is 11.1 Å². The van der Waals surface area contributed by atoms with E-state index in [1.165, 1.54) is 34.9 Å². The van der Waals surface area contributed by atoms with Crippen LogP contribution in [0.25, 0.3) is 0 Å². The summed E-state index contributed by atoms with van der Waals surface area (Å²) in [5.41, 5.74) is 7.73. The van der Waals surface area contributed by atoms with Gasteiger partial charge in [-0.1, -0.05) is 52.6 Å². The highest BCUT2D eigenvalue weighted by Crippen LogP contribution is 2.31. The molecule has 8 nitrogen and oxygen atoms in total. The second-order valence-corrected chi connectivity index (χ2v) is 9.40. The van der Waals surface area contributed by atoms with Gasteiger partial charge in [0.1, 0.15) is 0 Å². The molecule has 0 aliphatic heterocycles. The number of hydrogen-bond donors (Lipinski definition) is 3.